The topological polar surface area (TPSA) is 98.7 Å². The van der Waals surface area contributed by atoms with E-state index in [-0.39, 0.29) is 17.2 Å². The number of alkyl halides is 6. The molecule has 7 nitrogen and oxygen atoms in total. The summed E-state index contributed by atoms with van der Waals surface area (Å²) in [6.45, 7) is 1.12. The number of benzene rings is 1. The van der Waals surface area contributed by atoms with E-state index in [1.807, 2.05) is 5.32 Å². The molecule has 4 rings (SSSR count). The summed E-state index contributed by atoms with van der Waals surface area (Å²) < 4.78 is 82.0. The van der Waals surface area contributed by atoms with Crippen molar-refractivity contribution in [2.45, 2.75) is 19.3 Å². The van der Waals surface area contributed by atoms with Crippen molar-refractivity contribution in [3.8, 4) is 5.69 Å². The van der Waals surface area contributed by atoms with Crippen LogP contribution >= 0.6 is 0 Å². The first-order valence-corrected chi connectivity index (χ1v) is 9.52. The maximum atomic E-state index is 14.0. The number of hydrogen-bond donors (Lipinski definition) is 2. The van der Waals surface area contributed by atoms with Gasteiger partial charge in [-0.3, -0.25) is 9.78 Å². The van der Waals surface area contributed by atoms with Gasteiger partial charge in [-0.15, -0.1) is 0 Å². The fraction of sp³-hybridized carbons (Fsp3) is 0.143. The van der Waals surface area contributed by atoms with Crippen LogP contribution in [0.15, 0.2) is 48.9 Å². The Morgan fingerprint density at radius 1 is 0.971 bits per heavy atom. The number of anilines is 2. The van der Waals surface area contributed by atoms with Gasteiger partial charge in [0.05, 0.1) is 41.1 Å². The Labute approximate surface area is 187 Å². The number of nitrogens with zero attached hydrogens (tertiary/aromatic N) is 4. The van der Waals surface area contributed by atoms with E-state index in [0.717, 1.165) is 19.3 Å². The van der Waals surface area contributed by atoms with Crippen LogP contribution in [0.2, 0.25) is 0 Å². The van der Waals surface area contributed by atoms with Gasteiger partial charge in [0.15, 0.2) is 5.69 Å². The van der Waals surface area contributed by atoms with Crippen molar-refractivity contribution >= 4 is 28.2 Å². The van der Waals surface area contributed by atoms with E-state index in [2.05, 4.69) is 15.1 Å². The van der Waals surface area contributed by atoms with Gasteiger partial charge in [0.25, 0.3) is 5.91 Å². The zero-order chi connectivity index (χ0) is 24.8. The number of aromatic nitrogens is 4. The third kappa shape index (κ3) is 4.11. The van der Waals surface area contributed by atoms with E-state index in [1.54, 1.807) is 18.2 Å². The molecule has 3 N–H and O–H groups in total. The molecule has 3 aromatic heterocycles. The lowest BCUT2D eigenvalue weighted by Gasteiger charge is -2.15. The second kappa shape index (κ2) is 8.01. The lowest BCUT2D eigenvalue weighted by atomic mass is 10.1. The predicted octanol–water partition coefficient (Wildman–Crippen LogP) is 5.00. The van der Waals surface area contributed by atoms with Gasteiger partial charge in [-0.2, -0.15) is 31.4 Å². The minimum Gasteiger partial charge on any atom is -0.383 e. The Morgan fingerprint density at radius 3 is 2.29 bits per heavy atom. The quantitative estimate of drug-likeness (QED) is 0.403. The van der Waals surface area contributed by atoms with Crippen molar-refractivity contribution in [3.05, 3.63) is 71.4 Å². The zero-order valence-corrected chi connectivity index (χ0v) is 17.2. The normalized spacial score (nSPS) is 12.2. The number of halogens is 6. The number of hydrogen-bond acceptors (Lipinski definition) is 5. The molecule has 3 heterocycles. The van der Waals surface area contributed by atoms with E-state index >= 15 is 0 Å². The average molecular weight is 480 g/mol. The molecule has 0 aliphatic rings. The molecule has 0 atom stereocenters. The summed E-state index contributed by atoms with van der Waals surface area (Å²) in [5.74, 6) is -1.23. The van der Waals surface area contributed by atoms with Crippen molar-refractivity contribution < 1.29 is 31.1 Å². The number of carbonyl (C=O) groups is 1. The van der Waals surface area contributed by atoms with E-state index in [4.69, 9.17) is 5.73 Å². The van der Waals surface area contributed by atoms with Crippen molar-refractivity contribution in [1.82, 2.24) is 19.7 Å². The van der Waals surface area contributed by atoms with Gasteiger partial charge in [0.2, 0.25) is 0 Å². The van der Waals surface area contributed by atoms with Crippen molar-refractivity contribution in [2.24, 2.45) is 0 Å². The van der Waals surface area contributed by atoms with Crippen LogP contribution in [0.25, 0.3) is 16.5 Å². The van der Waals surface area contributed by atoms with E-state index in [0.29, 0.717) is 27.7 Å². The van der Waals surface area contributed by atoms with Gasteiger partial charge in [0.1, 0.15) is 5.82 Å². The van der Waals surface area contributed by atoms with Crippen LogP contribution in [-0.4, -0.2) is 25.7 Å². The monoisotopic (exact) mass is 480 g/mol. The average Bonchev–Trinajstić information content (AvgIpc) is 3.20. The second-order valence-corrected chi connectivity index (χ2v) is 7.20. The number of fused-ring (bicyclic) bond motifs is 1. The molecule has 0 saturated carbocycles. The Kier molecular flexibility index (Phi) is 5.42. The van der Waals surface area contributed by atoms with Crippen LogP contribution < -0.4 is 11.1 Å². The highest BCUT2D eigenvalue weighted by molar-refractivity contribution is 6.05. The summed E-state index contributed by atoms with van der Waals surface area (Å²) in [4.78, 5) is 20.1. The van der Waals surface area contributed by atoms with Gasteiger partial charge in [-0.25, -0.2) is 9.67 Å². The van der Waals surface area contributed by atoms with Crippen molar-refractivity contribution in [2.75, 3.05) is 11.1 Å². The molecule has 34 heavy (non-hydrogen) atoms. The molecule has 0 aliphatic carbocycles. The minimum absolute atomic E-state index is 0.0883. The van der Waals surface area contributed by atoms with E-state index < -0.39 is 40.8 Å². The van der Waals surface area contributed by atoms with Gasteiger partial charge >= 0.3 is 12.4 Å². The molecular formula is C21H14F6N6O. The van der Waals surface area contributed by atoms with Crippen molar-refractivity contribution in [3.63, 3.8) is 0 Å². The molecule has 4 aromatic rings. The number of nitrogens with one attached hydrogen (secondary N) is 1. The molecule has 0 radical (unpaired) electrons. The Bertz CT molecular complexity index is 1410. The Balaban J connectivity index is 1.80. The lowest BCUT2D eigenvalue weighted by molar-refractivity contribution is -0.143. The molecule has 1 amide bonds. The molecule has 176 valence electrons. The minimum atomic E-state index is -5.05. The van der Waals surface area contributed by atoms with Crippen LogP contribution in [0.5, 0.6) is 0 Å². The molecule has 0 spiro atoms. The Hall–Kier alpha value is -4.16. The summed E-state index contributed by atoms with van der Waals surface area (Å²) in [5, 5.41) is 6.43. The van der Waals surface area contributed by atoms with E-state index in [9.17, 15) is 31.1 Å². The predicted molar refractivity (Wildman–Crippen MR) is 110 cm³/mol. The van der Waals surface area contributed by atoms with Crippen LogP contribution in [0.4, 0.5) is 37.8 Å². The van der Waals surface area contributed by atoms with Crippen molar-refractivity contribution in [1.29, 1.82) is 0 Å². The number of rotatable bonds is 3. The lowest BCUT2D eigenvalue weighted by Crippen LogP contribution is -2.21. The van der Waals surface area contributed by atoms with Crippen LogP contribution in [0, 0.1) is 6.92 Å². The van der Waals surface area contributed by atoms with Crippen LogP contribution in [0.3, 0.4) is 0 Å². The number of carbonyl (C=O) groups excluding carboxylic acids is 1. The third-order valence-electron chi connectivity index (χ3n) is 4.97. The number of amides is 1. The summed E-state index contributed by atoms with van der Waals surface area (Å²) >= 11 is 0. The second-order valence-electron chi connectivity index (χ2n) is 7.20. The van der Waals surface area contributed by atoms with Gasteiger partial charge in [0, 0.05) is 16.5 Å². The molecule has 13 heteroatoms. The SMILES string of the molecule is Cc1ncc(NC(=O)c2cnn(-c3cnc(N)c4ccccc34)c2C(F)(F)F)cc1C(F)(F)F. The summed E-state index contributed by atoms with van der Waals surface area (Å²) in [6, 6.07) is 6.88. The maximum Gasteiger partial charge on any atom is 0.434 e. The first-order valence-electron chi connectivity index (χ1n) is 9.52. The summed E-state index contributed by atoms with van der Waals surface area (Å²) in [6.07, 6.45) is -7.13. The fourth-order valence-electron chi connectivity index (χ4n) is 3.43. The largest absolute Gasteiger partial charge is 0.434 e. The smallest absolute Gasteiger partial charge is 0.383 e. The number of nitrogen functional groups attached to an aromatic ring is 1. The molecule has 0 fully saturated rings. The van der Waals surface area contributed by atoms with Gasteiger partial charge < -0.3 is 11.1 Å². The highest BCUT2D eigenvalue weighted by atomic mass is 19.4. The van der Waals surface area contributed by atoms with Crippen LogP contribution in [-0.2, 0) is 12.4 Å². The maximum absolute atomic E-state index is 14.0. The molecule has 0 saturated heterocycles. The Morgan fingerprint density at radius 2 is 1.65 bits per heavy atom. The number of pyridine rings is 2. The molecule has 0 aliphatic heterocycles. The number of nitrogens with two attached hydrogens (primary N) is 1. The molecule has 0 bridgehead atoms. The fourth-order valence-corrected chi connectivity index (χ4v) is 3.43. The zero-order valence-electron chi connectivity index (χ0n) is 17.2. The summed E-state index contributed by atoms with van der Waals surface area (Å²) in [7, 11) is 0. The third-order valence-corrected chi connectivity index (χ3v) is 4.97. The molecule has 1 aromatic carbocycles. The molecule has 0 unspecified atom stereocenters. The van der Waals surface area contributed by atoms with E-state index in [1.165, 1.54) is 6.07 Å². The molecular weight excluding hydrogens is 466 g/mol. The first-order chi connectivity index (χ1) is 15.9. The van der Waals surface area contributed by atoms with Crippen LogP contribution in [0.1, 0.15) is 27.3 Å². The first kappa shape index (κ1) is 23.0. The standard InChI is InChI=1S/C21H14F6N6O/c1-10-15(20(22,23)24)6-11(7-29-10)32-19(34)14-8-31-33(17(14)21(25,26)27)16-9-30-18(28)13-5-3-2-4-12(13)16/h2-9H,1H3,(H2,28,30)(H,32,34). The summed E-state index contributed by atoms with van der Waals surface area (Å²) in [5.41, 5.74) is 1.48. The highest BCUT2D eigenvalue weighted by Crippen LogP contribution is 2.36. The number of aryl methyl sites for hydroxylation is 1. The van der Waals surface area contributed by atoms with Gasteiger partial charge in [-0.1, -0.05) is 24.3 Å². The highest BCUT2D eigenvalue weighted by Gasteiger charge is 2.41. The van der Waals surface area contributed by atoms with Gasteiger partial charge in [-0.05, 0) is 13.0 Å².